The summed E-state index contributed by atoms with van der Waals surface area (Å²) in [5, 5.41) is 2.20. The second kappa shape index (κ2) is 17.5. The number of pyridine rings is 2. The summed E-state index contributed by atoms with van der Waals surface area (Å²) in [5.41, 5.74) is 15.1. The molecule has 0 N–H and O–H groups in total. The second-order valence-corrected chi connectivity index (χ2v) is 12.0. The highest BCUT2D eigenvalue weighted by Gasteiger charge is 2.15. The van der Waals surface area contributed by atoms with Gasteiger partial charge in [0.1, 0.15) is 6.79 Å². The quantitative estimate of drug-likeness (QED) is 0.176. The first kappa shape index (κ1) is 36.1. The summed E-state index contributed by atoms with van der Waals surface area (Å²) in [5.74, 6) is 0. The van der Waals surface area contributed by atoms with Gasteiger partial charge < -0.3 is 4.79 Å². The van der Waals surface area contributed by atoms with E-state index in [0.29, 0.717) is 0 Å². The minimum absolute atomic E-state index is 0.937. The van der Waals surface area contributed by atoms with Gasteiger partial charge in [-0.2, -0.15) is 0 Å². The highest BCUT2D eigenvalue weighted by Crippen LogP contribution is 2.39. The van der Waals surface area contributed by atoms with Gasteiger partial charge in [0, 0.05) is 22.5 Å². The molecule has 0 unspecified atom stereocenters. The van der Waals surface area contributed by atoms with Crippen LogP contribution < -0.4 is 0 Å². The molecule has 8 aromatic rings. The molecule has 0 saturated heterocycles. The highest BCUT2D eigenvalue weighted by atomic mass is 16.1. The van der Waals surface area contributed by atoms with Gasteiger partial charge in [0.2, 0.25) is 0 Å². The molecule has 0 fully saturated rings. The fraction of sp³-hybridized carbons (Fsp3) is 0.104. The fourth-order valence-corrected chi connectivity index (χ4v) is 6.23. The Kier molecular flexibility index (Phi) is 12.4. The van der Waals surface area contributed by atoms with E-state index in [2.05, 4.69) is 159 Å². The number of aryl methyl sites for hydroxylation is 3. The van der Waals surface area contributed by atoms with Crippen LogP contribution in [0.15, 0.2) is 164 Å². The van der Waals surface area contributed by atoms with E-state index in [1.54, 1.807) is 0 Å². The van der Waals surface area contributed by atoms with Crippen molar-refractivity contribution in [1.82, 2.24) is 9.97 Å². The minimum atomic E-state index is 0.937. The summed E-state index contributed by atoms with van der Waals surface area (Å²) in [7, 11) is 0. The Balaban J connectivity index is 0.000000402. The third-order valence-electron chi connectivity index (χ3n) is 8.73. The van der Waals surface area contributed by atoms with Crippen LogP contribution in [0.5, 0.6) is 0 Å². The first-order chi connectivity index (χ1) is 25.0. The topological polar surface area (TPSA) is 42.9 Å². The summed E-state index contributed by atoms with van der Waals surface area (Å²) in [6, 6.07) is 55.6. The van der Waals surface area contributed by atoms with Gasteiger partial charge in [-0.25, -0.2) is 4.98 Å². The van der Waals surface area contributed by atoms with Crippen LogP contribution in [0.2, 0.25) is 0 Å². The number of carbonyl (C=O) groups excluding carboxylic acids is 1. The molecule has 0 atom stereocenters. The predicted molar refractivity (Wildman–Crippen MR) is 218 cm³/mol. The molecule has 0 aliphatic heterocycles. The lowest BCUT2D eigenvalue weighted by Crippen LogP contribution is -1.94. The number of hydrogen-bond acceptors (Lipinski definition) is 3. The second-order valence-electron chi connectivity index (χ2n) is 12.0. The van der Waals surface area contributed by atoms with Gasteiger partial charge in [0.05, 0.1) is 16.7 Å². The van der Waals surface area contributed by atoms with E-state index < -0.39 is 0 Å². The molecular weight excluding hydrogens is 621 g/mol. The molecule has 0 saturated carbocycles. The third-order valence-corrected chi connectivity index (χ3v) is 8.73. The van der Waals surface area contributed by atoms with E-state index >= 15 is 0 Å². The summed E-state index contributed by atoms with van der Waals surface area (Å²) in [6.07, 6.45) is 1.84. The molecule has 0 aliphatic rings. The van der Waals surface area contributed by atoms with Crippen LogP contribution in [0.1, 0.15) is 30.5 Å². The molecule has 2 aromatic heterocycles. The van der Waals surface area contributed by atoms with E-state index in [1.807, 2.05) is 51.1 Å². The molecule has 3 nitrogen and oxygen atoms in total. The lowest BCUT2D eigenvalue weighted by molar-refractivity contribution is -0.0980. The summed E-state index contributed by atoms with van der Waals surface area (Å²) in [4.78, 5) is 17.8. The number of nitrogens with zero attached hydrogens (tertiary/aromatic N) is 2. The van der Waals surface area contributed by atoms with Crippen molar-refractivity contribution in [3.8, 4) is 44.6 Å². The molecular formula is C48H44N2O. The lowest BCUT2D eigenvalue weighted by atomic mass is 9.87. The van der Waals surface area contributed by atoms with E-state index in [9.17, 15) is 0 Å². The Morgan fingerprint density at radius 1 is 0.451 bits per heavy atom. The fourth-order valence-electron chi connectivity index (χ4n) is 6.23. The average Bonchev–Trinajstić information content (AvgIpc) is 3.20. The van der Waals surface area contributed by atoms with Crippen LogP contribution in [0.3, 0.4) is 0 Å². The summed E-state index contributed by atoms with van der Waals surface area (Å²) >= 11 is 0. The number of fused-ring (bicyclic) bond motifs is 3. The molecule has 0 aliphatic carbocycles. The molecule has 252 valence electrons. The van der Waals surface area contributed by atoms with Crippen molar-refractivity contribution in [3.05, 3.63) is 181 Å². The standard InChI is InChI=1S/C38H28N2.C7H8.C2H6.CH2O/c1-25-16-17-32(35-21-20-29-19-18-28-14-8-22-39-37(28)38(29)40-35)24-34(25)36-26(2)9-6-15-33(36)31-13-7-12-30(23-31)27-10-4-3-5-11-27;1-7-5-3-2-4-6-7;2*1-2/h3-24H,1-2H3;2-6H,1H3;1-2H3;1H2. The maximum Gasteiger partial charge on any atom is 0.106 e. The van der Waals surface area contributed by atoms with Gasteiger partial charge in [-0.15, -0.1) is 0 Å². The summed E-state index contributed by atoms with van der Waals surface area (Å²) < 4.78 is 0. The van der Waals surface area contributed by atoms with E-state index in [0.717, 1.165) is 33.1 Å². The van der Waals surface area contributed by atoms with Crippen molar-refractivity contribution in [3.63, 3.8) is 0 Å². The van der Waals surface area contributed by atoms with Gasteiger partial charge in [-0.05, 0) is 89.5 Å². The van der Waals surface area contributed by atoms with E-state index in [-0.39, 0.29) is 0 Å². The van der Waals surface area contributed by atoms with Gasteiger partial charge in [0.25, 0.3) is 0 Å². The largest absolute Gasteiger partial charge is 0.307 e. The highest BCUT2D eigenvalue weighted by molar-refractivity contribution is 6.03. The maximum atomic E-state index is 8.00. The average molecular weight is 665 g/mol. The third kappa shape index (κ3) is 8.34. The number of aromatic nitrogens is 2. The first-order valence-corrected chi connectivity index (χ1v) is 17.4. The van der Waals surface area contributed by atoms with Crippen LogP contribution in [-0.4, -0.2) is 16.8 Å². The van der Waals surface area contributed by atoms with Crippen LogP contribution in [0.25, 0.3) is 66.4 Å². The first-order valence-electron chi connectivity index (χ1n) is 17.4. The minimum Gasteiger partial charge on any atom is -0.307 e. The Hall–Kier alpha value is -6.19. The van der Waals surface area contributed by atoms with Crippen LogP contribution >= 0.6 is 0 Å². The predicted octanol–water partition coefficient (Wildman–Crippen LogP) is 12.9. The summed E-state index contributed by atoms with van der Waals surface area (Å²) in [6.45, 7) is 12.5. The smallest absolute Gasteiger partial charge is 0.106 e. The van der Waals surface area contributed by atoms with E-state index in [1.165, 1.54) is 50.1 Å². The van der Waals surface area contributed by atoms with Crippen LogP contribution in [0.4, 0.5) is 0 Å². The molecule has 8 rings (SSSR count). The molecule has 51 heavy (non-hydrogen) atoms. The Labute approximate surface area is 302 Å². The Bertz CT molecular complexity index is 2350. The Morgan fingerprint density at radius 3 is 1.78 bits per heavy atom. The van der Waals surface area contributed by atoms with Crippen molar-refractivity contribution < 1.29 is 4.79 Å². The van der Waals surface area contributed by atoms with Crippen LogP contribution in [0, 0.1) is 20.8 Å². The van der Waals surface area contributed by atoms with Crippen LogP contribution in [-0.2, 0) is 4.79 Å². The molecule has 0 spiro atoms. The SMILES string of the molecule is C=O.CC.Cc1ccc(-c2ccc3ccc4cccnc4c3n2)cc1-c1c(C)cccc1-c1cccc(-c2ccccc2)c1.Cc1ccccc1. The normalized spacial score (nSPS) is 10.2. The molecule has 2 heterocycles. The van der Waals surface area contributed by atoms with Gasteiger partial charge >= 0.3 is 0 Å². The lowest BCUT2D eigenvalue weighted by Gasteiger charge is -2.17. The maximum absolute atomic E-state index is 8.00. The number of benzene rings is 6. The molecule has 0 bridgehead atoms. The zero-order chi connectivity index (χ0) is 36.2. The zero-order valence-electron chi connectivity index (χ0n) is 30.1. The zero-order valence-corrected chi connectivity index (χ0v) is 30.1. The number of hydrogen-bond donors (Lipinski definition) is 0. The van der Waals surface area contributed by atoms with Crippen molar-refractivity contribution in [2.75, 3.05) is 0 Å². The number of carbonyl (C=O) groups is 1. The van der Waals surface area contributed by atoms with Gasteiger partial charge in [-0.3, -0.25) is 4.98 Å². The van der Waals surface area contributed by atoms with E-state index in [4.69, 9.17) is 9.78 Å². The van der Waals surface area contributed by atoms with Crippen molar-refractivity contribution in [2.45, 2.75) is 34.6 Å². The molecule has 3 heteroatoms. The molecule has 0 radical (unpaired) electrons. The monoisotopic (exact) mass is 664 g/mol. The van der Waals surface area contributed by atoms with Crippen molar-refractivity contribution in [1.29, 1.82) is 0 Å². The van der Waals surface area contributed by atoms with Crippen molar-refractivity contribution >= 4 is 28.6 Å². The Morgan fingerprint density at radius 2 is 1.08 bits per heavy atom. The number of rotatable bonds is 4. The van der Waals surface area contributed by atoms with Crippen molar-refractivity contribution in [2.24, 2.45) is 0 Å². The van der Waals surface area contributed by atoms with Gasteiger partial charge in [-0.1, -0.05) is 153 Å². The van der Waals surface area contributed by atoms with Gasteiger partial charge in [0.15, 0.2) is 0 Å². The molecule has 6 aromatic carbocycles. The molecule has 0 amide bonds.